The molecule has 0 aliphatic carbocycles. The smallest absolute Gasteiger partial charge is 0.210 e. The third-order valence-corrected chi connectivity index (χ3v) is 2.59. The zero-order chi connectivity index (χ0) is 12.9. The number of hydrogen-bond donors (Lipinski definition) is 2. The van der Waals surface area contributed by atoms with Gasteiger partial charge in [0.15, 0.2) is 11.6 Å². The minimum Gasteiger partial charge on any atom is -0.487 e. The lowest BCUT2D eigenvalue weighted by Crippen LogP contribution is -2.23. The monoisotopic (exact) mass is 259 g/mol. The van der Waals surface area contributed by atoms with Crippen LogP contribution in [0, 0.1) is 0 Å². The fourth-order valence-electron chi connectivity index (χ4n) is 1.18. The number of pyridine rings is 1. The number of rotatable bonds is 6. The summed E-state index contributed by atoms with van der Waals surface area (Å²) in [5.41, 5.74) is 0. The normalized spacial score (nSPS) is 11.5. The summed E-state index contributed by atoms with van der Waals surface area (Å²) in [4.78, 5) is 4.08. The largest absolute Gasteiger partial charge is 0.487 e. The second-order valence-electron chi connectivity index (χ2n) is 3.81. The summed E-state index contributed by atoms with van der Waals surface area (Å²) in [7, 11) is -3.46. The summed E-state index contributed by atoms with van der Waals surface area (Å²) in [5, 5.41) is 7.78. The molecule has 0 saturated carbocycles. The Morgan fingerprint density at radius 1 is 1.53 bits per heavy atom. The van der Waals surface area contributed by atoms with Gasteiger partial charge in [0.25, 0.3) is 0 Å². The molecule has 1 rings (SSSR count). The first kappa shape index (κ1) is 13.7. The second kappa shape index (κ2) is 5.83. The Balaban J connectivity index is 2.64. The molecule has 3 N–H and O–H groups in total. The van der Waals surface area contributed by atoms with Gasteiger partial charge in [-0.3, -0.25) is 0 Å². The van der Waals surface area contributed by atoms with Crippen molar-refractivity contribution in [2.75, 3.05) is 17.6 Å². The highest BCUT2D eigenvalue weighted by molar-refractivity contribution is 7.89. The van der Waals surface area contributed by atoms with Gasteiger partial charge in [-0.25, -0.2) is 18.5 Å². The van der Waals surface area contributed by atoms with Crippen LogP contribution in [0.15, 0.2) is 18.3 Å². The lowest BCUT2D eigenvalue weighted by molar-refractivity contribution is 0.243. The Morgan fingerprint density at radius 3 is 2.82 bits per heavy atom. The van der Waals surface area contributed by atoms with Crippen molar-refractivity contribution in [3.63, 3.8) is 0 Å². The molecule has 0 aliphatic rings. The molecule has 0 fully saturated rings. The maximum Gasteiger partial charge on any atom is 0.210 e. The van der Waals surface area contributed by atoms with Crippen molar-refractivity contribution in [1.29, 1.82) is 0 Å². The molecular weight excluding hydrogens is 242 g/mol. The number of nitrogens with one attached hydrogen (secondary N) is 1. The van der Waals surface area contributed by atoms with Crippen LogP contribution in [0.5, 0.6) is 5.75 Å². The van der Waals surface area contributed by atoms with Crippen LogP contribution in [-0.4, -0.2) is 31.8 Å². The number of ether oxygens (including phenoxy) is 1. The lowest BCUT2D eigenvalue weighted by atomic mass is 10.4. The van der Waals surface area contributed by atoms with Gasteiger partial charge >= 0.3 is 0 Å². The highest BCUT2D eigenvalue weighted by Gasteiger charge is 2.07. The molecule has 7 heteroatoms. The van der Waals surface area contributed by atoms with E-state index in [0.717, 1.165) is 0 Å². The standard InChI is InChI=1S/C10H17N3O3S/c1-8(2)16-9-4-3-5-12-10(9)13-6-7-17(11,14)15/h3-5,8H,6-7H2,1-2H3,(H,12,13)(H2,11,14,15). The van der Waals surface area contributed by atoms with Crippen molar-refractivity contribution in [1.82, 2.24) is 4.98 Å². The average Bonchev–Trinajstić information content (AvgIpc) is 2.18. The molecule has 17 heavy (non-hydrogen) atoms. The van der Waals surface area contributed by atoms with E-state index in [1.165, 1.54) is 0 Å². The first-order chi connectivity index (χ1) is 7.88. The van der Waals surface area contributed by atoms with E-state index in [4.69, 9.17) is 9.88 Å². The average molecular weight is 259 g/mol. The fourth-order valence-corrected chi connectivity index (χ4v) is 1.57. The van der Waals surface area contributed by atoms with Crippen LogP contribution in [0.3, 0.4) is 0 Å². The Morgan fingerprint density at radius 2 is 2.24 bits per heavy atom. The third kappa shape index (κ3) is 5.50. The van der Waals surface area contributed by atoms with Gasteiger partial charge in [0, 0.05) is 12.7 Å². The number of primary sulfonamides is 1. The van der Waals surface area contributed by atoms with Crippen LogP contribution >= 0.6 is 0 Å². The number of nitrogens with zero attached hydrogens (tertiary/aromatic N) is 1. The lowest BCUT2D eigenvalue weighted by Gasteiger charge is -2.13. The van der Waals surface area contributed by atoms with E-state index in [1.807, 2.05) is 13.8 Å². The van der Waals surface area contributed by atoms with E-state index in [1.54, 1.807) is 18.3 Å². The molecule has 0 atom stereocenters. The summed E-state index contributed by atoms with van der Waals surface area (Å²) in [6, 6.07) is 3.52. The molecule has 0 saturated heterocycles. The molecule has 1 aromatic heterocycles. The molecular formula is C10H17N3O3S. The van der Waals surface area contributed by atoms with E-state index in [0.29, 0.717) is 11.6 Å². The molecule has 0 unspecified atom stereocenters. The van der Waals surface area contributed by atoms with Gasteiger partial charge in [0.05, 0.1) is 11.9 Å². The molecule has 0 radical (unpaired) electrons. The third-order valence-electron chi connectivity index (χ3n) is 1.81. The van der Waals surface area contributed by atoms with Gasteiger partial charge in [-0.1, -0.05) is 0 Å². The van der Waals surface area contributed by atoms with Crippen molar-refractivity contribution in [3.8, 4) is 5.75 Å². The van der Waals surface area contributed by atoms with Crippen molar-refractivity contribution in [2.45, 2.75) is 20.0 Å². The topological polar surface area (TPSA) is 94.3 Å². The van der Waals surface area contributed by atoms with Gasteiger partial charge in [0.1, 0.15) is 0 Å². The molecule has 0 aliphatic heterocycles. The molecule has 0 bridgehead atoms. The summed E-state index contributed by atoms with van der Waals surface area (Å²) < 4.78 is 27.1. The van der Waals surface area contributed by atoms with Crippen LogP contribution in [0.25, 0.3) is 0 Å². The Hall–Kier alpha value is -1.34. The zero-order valence-corrected chi connectivity index (χ0v) is 10.7. The maximum absolute atomic E-state index is 10.8. The summed E-state index contributed by atoms with van der Waals surface area (Å²) in [5.74, 6) is 0.965. The minimum absolute atomic E-state index is 0.0259. The van der Waals surface area contributed by atoms with Crippen molar-refractivity contribution >= 4 is 15.8 Å². The van der Waals surface area contributed by atoms with Crippen LogP contribution in [0.2, 0.25) is 0 Å². The van der Waals surface area contributed by atoms with Gasteiger partial charge in [-0.2, -0.15) is 0 Å². The predicted octanol–water partition coefficient (Wildman–Crippen LogP) is 0.569. The van der Waals surface area contributed by atoms with Crippen LogP contribution < -0.4 is 15.2 Å². The molecule has 0 amide bonds. The number of anilines is 1. The molecule has 0 spiro atoms. The van der Waals surface area contributed by atoms with E-state index in [9.17, 15) is 8.42 Å². The number of sulfonamides is 1. The van der Waals surface area contributed by atoms with Crippen molar-refractivity contribution < 1.29 is 13.2 Å². The maximum atomic E-state index is 10.8. The highest BCUT2D eigenvalue weighted by Crippen LogP contribution is 2.21. The van der Waals surface area contributed by atoms with Crippen LogP contribution in [-0.2, 0) is 10.0 Å². The van der Waals surface area contributed by atoms with E-state index >= 15 is 0 Å². The first-order valence-corrected chi connectivity index (χ1v) is 6.96. The van der Waals surface area contributed by atoms with E-state index < -0.39 is 10.0 Å². The molecule has 0 aromatic carbocycles. The quantitative estimate of drug-likeness (QED) is 0.779. The summed E-state index contributed by atoms with van der Waals surface area (Å²) >= 11 is 0. The van der Waals surface area contributed by atoms with Crippen molar-refractivity contribution in [2.24, 2.45) is 5.14 Å². The van der Waals surface area contributed by atoms with Crippen LogP contribution in [0.1, 0.15) is 13.8 Å². The SMILES string of the molecule is CC(C)Oc1cccnc1NCCS(N)(=O)=O. The Kier molecular flexibility index (Phi) is 4.71. The molecule has 96 valence electrons. The van der Waals surface area contributed by atoms with E-state index in [2.05, 4.69) is 10.3 Å². The molecule has 1 aromatic rings. The zero-order valence-electron chi connectivity index (χ0n) is 9.88. The first-order valence-electron chi connectivity index (χ1n) is 5.24. The van der Waals surface area contributed by atoms with Crippen LogP contribution in [0.4, 0.5) is 5.82 Å². The number of hydrogen-bond acceptors (Lipinski definition) is 5. The van der Waals surface area contributed by atoms with Gasteiger partial charge in [-0.15, -0.1) is 0 Å². The molecule has 1 heterocycles. The predicted molar refractivity (Wildman–Crippen MR) is 66.5 cm³/mol. The summed E-state index contributed by atoms with van der Waals surface area (Å²) in [6.45, 7) is 4.01. The van der Waals surface area contributed by atoms with Gasteiger partial charge in [-0.05, 0) is 26.0 Å². The fraction of sp³-hybridized carbons (Fsp3) is 0.500. The number of aromatic nitrogens is 1. The second-order valence-corrected chi connectivity index (χ2v) is 5.54. The highest BCUT2D eigenvalue weighted by atomic mass is 32.2. The minimum atomic E-state index is -3.46. The van der Waals surface area contributed by atoms with Crippen molar-refractivity contribution in [3.05, 3.63) is 18.3 Å². The summed E-state index contributed by atoms with van der Waals surface area (Å²) in [6.07, 6.45) is 1.63. The Bertz CT molecular complexity index is 460. The molecule has 6 nitrogen and oxygen atoms in total. The van der Waals surface area contributed by atoms with E-state index in [-0.39, 0.29) is 18.4 Å². The van der Waals surface area contributed by atoms with Gasteiger partial charge in [0.2, 0.25) is 10.0 Å². The van der Waals surface area contributed by atoms with Gasteiger partial charge < -0.3 is 10.1 Å². The Labute approximate surface area is 101 Å². The number of nitrogens with two attached hydrogens (primary N) is 1.